The van der Waals surface area contributed by atoms with Crippen LogP contribution in [0.25, 0.3) is 0 Å². The molecule has 0 unspecified atom stereocenters. The third-order valence-corrected chi connectivity index (χ3v) is 1.65. The first-order valence-corrected chi connectivity index (χ1v) is 3.79. The van der Waals surface area contributed by atoms with Crippen LogP contribution < -0.4 is 4.90 Å². The molecular weight excluding hydrogens is 166 g/mol. The summed E-state index contributed by atoms with van der Waals surface area (Å²) >= 11 is 0. The van der Waals surface area contributed by atoms with Gasteiger partial charge in [-0.2, -0.15) is 5.26 Å². The largest absolute Gasteiger partial charge is 0.314 e. The molecule has 0 saturated heterocycles. The lowest BCUT2D eigenvalue weighted by Gasteiger charge is -2.14. The van der Waals surface area contributed by atoms with E-state index < -0.39 is 0 Å². The monoisotopic (exact) mass is 175 g/mol. The standard InChI is InChI=1S/C9H9N3O/c1-12(9(13)2-5-10)8-3-6-11-7-4-8/h3-4,6-7H,2H2,1H3. The van der Waals surface area contributed by atoms with E-state index in [4.69, 9.17) is 5.26 Å². The van der Waals surface area contributed by atoms with Crippen molar-refractivity contribution in [2.75, 3.05) is 11.9 Å². The minimum Gasteiger partial charge on any atom is -0.314 e. The highest BCUT2D eigenvalue weighted by atomic mass is 16.2. The lowest BCUT2D eigenvalue weighted by molar-refractivity contribution is -0.117. The zero-order valence-electron chi connectivity index (χ0n) is 7.27. The molecule has 1 aromatic heterocycles. The van der Waals surface area contributed by atoms with Crippen molar-refractivity contribution < 1.29 is 4.79 Å². The van der Waals surface area contributed by atoms with Gasteiger partial charge >= 0.3 is 0 Å². The molecule has 0 aliphatic rings. The summed E-state index contributed by atoms with van der Waals surface area (Å²) in [6, 6.07) is 5.25. The maximum Gasteiger partial charge on any atom is 0.240 e. The Morgan fingerprint density at radius 1 is 1.62 bits per heavy atom. The van der Waals surface area contributed by atoms with Crippen LogP contribution in [0.3, 0.4) is 0 Å². The van der Waals surface area contributed by atoms with E-state index in [1.807, 2.05) is 6.07 Å². The van der Waals surface area contributed by atoms with Gasteiger partial charge in [-0.1, -0.05) is 0 Å². The number of hydrogen-bond acceptors (Lipinski definition) is 3. The first-order valence-electron chi connectivity index (χ1n) is 3.79. The second-order valence-corrected chi connectivity index (χ2v) is 2.49. The molecule has 0 aromatic carbocycles. The van der Waals surface area contributed by atoms with E-state index >= 15 is 0 Å². The average molecular weight is 175 g/mol. The van der Waals surface area contributed by atoms with Crippen molar-refractivity contribution in [1.82, 2.24) is 4.98 Å². The Kier molecular flexibility index (Phi) is 2.98. The molecule has 1 aromatic rings. The fraction of sp³-hybridized carbons (Fsp3) is 0.222. The number of pyridine rings is 1. The minimum absolute atomic E-state index is 0.0984. The van der Waals surface area contributed by atoms with Crippen LogP contribution in [0.15, 0.2) is 24.5 Å². The van der Waals surface area contributed by atoms with Crippen LogP contribution in [0.5, 0.6) is 0 Å². The number of rotatable bonds is 2. The molecule has 0 fully saturated rings. The number of nitriles is 1. The number of anilines is 1. The van der Waals surface area contributed by atoms with Gasteiger partial charge in [0.1, 0.15) is 6.42 Å². The summed E-state index contributed by atoms with van der Waals surface area (Å²) in [5, 5.41) is 8.32. The summed E-state index contributed by atoms with van der Waals surface area (Å²) in [7, 11) is 1.63. The summed E-state index contributed by atoms with van der Waals surface area (Å²) in [6.45, 7) is 0. The van der Waals surface area contributed by atoms with Gasteiger partial charge in [-0.05, 0) is 12.1 Å². The number of carbonyl (C=O) groups is 1. The van der Waals surface area contributed by atoms with Crippen molar-refractivity contribution in [3.63, 3.8) is 0 Å². The highest BCUT2D eigenvalue weighted by Gasteiger charge is 2.08. The molecule has 66 valence electrons. The van der Waals surface area contributed by atoms with Crippen molar-refractivity contribution in [3.8, 4) is 6.07 Å². The van der Waals surface area contributed by atoms with Crippen molar-refractivity contribution >= 4 is 11.6 Å². The average Bonchev–Trinajstić information content (AvgIpc) is 2.18. The normalized spacial score (nSPS) is 8.92. The SMILES string of the molecule is CN(C(=O)CC#N)c1ccncc1. The summed E-state index contributed by atoms with van der Waals surface area (Å²) in [5.74, 6) is -0.214. The van der Waals surface area contributed by atoms with E-state index in [0.717, 1.165) is 5.69 Å². The van der Waals surface area contributed by atoms with Crippen molar-refractivity contribution in [1.29, 1.82) is 5.26 Å². The molecule has 1 heterocycles. The zero-order valence-corrected chi connectivity index (χ0v) is 7.27. The topological polar surface area (TPSA) is 57.0 Å². The van der Waals surface area contributed by atoms with Crippen molar-refractivity contribution in [2.24, 2.45) is 0 Å². The number of aromatic nitrogens is 1. The van der Waals surface area contributed by atoms with Crippen LogP contribution in [0, 0.1) is 11.3 Å². The molecule has 0 saturated carbocycles. The molecule has 1 rings (SSSR count). The number of carbonyl (C=O) groups excluding carboxylic acids is 1. The van der Waals surface area contributed by atoms with Crippen LogP contribution in [-0.2, 0) is 4.79 Å². The molecule has 0 atom stereocenters. The molecule has 4 heteroatoms. The Balaban J connectivity index is 2.75. The maximum absolute atomic E-state index is 11.2. The third-order valence-electron chi connectivity index (χ3n) is 1.65. The van der Waals surface area contributed by atoms with Gasteiger partial charge in [0.2, 0.25) is 5.91 Å². The van der Waals surface area contributed by atoms with Crippen LogP contribution in [0.4, 0.5) is 5.69 Å². The van der Waals surface area contributed by atoms with E-state index in [2.05, 4.69) is 4.98 Å². The summed E-state index contributed by atoms with van der Waals surface area (Å²) in [4.78, 5) is 16.5. The molecule has 13 heavy (non-hydrogen) atoms. The number of hydrogen-bond donors (Lipinski definition) is 0. The second-order valence-electron chi connectivity index (χ2n) is 2.49. The Morgan fingerprint density at radius 3 is 2.77 bits per heavy atom. The Bertz CT molecular complexity index is 328. The van der Waals surface area contributed by atoms with E-state index in [9.17, 15) is 4.79 Å². The van der Waals surface area contributed by atoms with Crippen LogP contribution >= 0.6 is 0 Å². The van der Waals surface area contributed by atoms with Gasteiger partial charge in [0, 0.05) is 25.1 Å². The van der Waals surface area contributed by atoms with Crippen LogP contribution in [0.2, 0.25) is 0 Å². The number of nitrogens with zero attached hydrogens (tertiary/aromatic N) is 3. The molecule has 0 N–H and O–H groups in total. The van der Waals surface area contributed by atoms with Gasteiger partial charge in [0.25, 0.3) is 0 Å². The van der Waals surface area contributed by atoms with Gasteiger partial charge in [-0.15, -0.1) is 0 Å². The second kappa shape index (κ2) is 4.21. The summed E-state index contributed by atoms with van der Waals surface area (Å²) in [5.41, 5.74) is 0.746. The summed E-state index contributed by atoms with van der Waals surface area (Å²) < 4.78 is 0. The van der Waals surface area contributed by atoms with Gasteiger partial charge in [-0.25, -0.2) is 0 Å². The third kappa shape index (κ3) is 2.27. The maximum atomic E-state index is 11.2. The van der Waals surface area contributed by atoms with E-state index in [0.29, 0.717) is 0 Å². The quantitative estimate of drug-likeness (QED) is 0.672. The molecule has 0 aliphatic heterocycles. The Labute approximate surface area is 76.4 Å². The van der Waals surface area contributed by atoms with Crippen molar-refractivity contribution in [2.45, 2.75) is 6.42 Å². The van der Waals surface area contributed by atoms with E-state index in [1.165, 1.54) is 4.90 Å². The fourth-order valence-corrected chi connectivity index (χ4v) is 0.898. The van der Waals surface area contributed by atoms with E-state index in [-0.39, 0.29) is 12.3 Å². The Morgan fingerprint density at radius 2 is 2.23 bits per heavy atom. The number of amides is 1. The molecule has 1 amide bonds. The Hall–Kier alpha value is -1.89. The van der Waals surface area contributed by atoms with E-state index in [1.54, 1.807) is 31.6 Å². The molecule has 0 aliphatic carbocycles. The predicted molar refractivity (Wildman–Crippen MR) is 47.9 cm³/mol. The predicted octanol–water partition coefficient (Wildman–Crippen LogP) is 0.958. The first kappa shape index (κ1) is 9.20. The molecule has 0 spiro atoms. The van der Waals surface area contributed by atoms with Gasteiger partial charge in [0.15, 0.2) is 0 Å². The van der Waals surface area contributed by atoms with Gasteiger partial charge in [0.05, 0.1) is 6.07 Å². The molecular formula is C9H9N3O. The van der Waals surface area contributed by atoms with Gasteiger partial charge in [-0.3, -0.25) is 9.78 Å². The van der Waals surface area contributed by atoms with Gasteiger partial charge < -0.3 is 4.90 Å². The lowest BCUT2D eigenvalue weighted by Crippen LogP contribution is -2.25. The summed E-state index contributed by atoms with van der Waals surface area (Å²) in [6.07, 6.45) is 3.11. The van der Waals surface area contributed by atoms with Crippen LogP contribution in [-0.4, -0.2) is 17.9 Å². The molecule has 4 nitrogen and oxygen atoms in total. The minimum atomic E-state index is -0.214. The van der Waals surface area contributed by atoms with Crippen molar-refractivity contribution in [3.05, 3.63) is 24.5 Å². The first-order chi connectivity index (χ1) is 6.25. The fourth-order valence-electron chi connectivity index (χ4n) is 0.898. The smallest absolute Gasteiger partial charge is 0.240 e. The lowest BCUT2D eigenvalue weighted by atomic mass is 10.3. The zero-order chi connectivity index (χ0) is 9.68. The highest BCUT2D eigenvalue weighted by molar-refractivity contribution is 5.93. The molecule has 0 bridgehead atoms. The molecule has 0 radical (unpaired) electrons. The highest BCUT2D eigenvalue weighted by Crippen LogP contribution is 2.10. The van der Waals surface area contributed by atoms with Crippen LogP contribution in [0.1, 0.15) is 6.42 Å².